The summed E-state index contributed by atoms with van der Waals surface area (Å²) in [6.07, 6.45) is 0.749. The van der Waals surface area contributed by atoms with E-state index in [2.05, 4.69) is 10.2 Å². The minimum atomic E-state index is -0.434. The molecule has 1 aromatic rings. The number of halogens is 1. The summed E-state index contributed by atoms with van der Waals surface area (Å²) in [6.45, 7) is 1.23. The summed E-state index contributed by atoms with van der Waals surface area (Å²) in [6, 6.07) is 0. The molecule has 0 saturated heterocycles. The minimum absolute atomic E-state index is 0.118. The Hall–Kier alpha value is -1.12. The Bertz CT molecular complexity index is 483. The van der Waals surface area contributed by atoms with Gasteiger partial charge in [0.15, 0.2) is 0 Å². The monoisotopic (exact) mass is 363 g/mol. The van der Waals surface area contributed by atoms with E-state index in [4.69, 9.17) is 0 Å². The van der Waals surface area contributed by atoms with Gasteiger partial charge < -0.3 is 0 Å². The first kappa shape index (κ1) is 13.3. The van der Waals surface area contributed by atoms with Crippen molar-refractivity contribution in [3.63, 3.8) is 0 Å². The molecule has 2 amide bonds. The molecule has 18 heavy (non-hydrogen) atoms. The zero-order valence-corrected chi connectivity index (χ0v) is 12.8. The molecule has 0 radical (unpaired) electrons. The maximum atomic E-state index is 12.0. The summed E-state index contributed by atoms with van der Waals surface area (Å²) in [5, 5.41) is 7.01. The summed E-state index contributed by atoms with van der Waals surface area (Å²) in [7, 11) is 3.40. The van der Waals surface area contributed by atoms with Crippen LogP contribution in [0.3, 0.4) is 0 Å². The fourth-order valence-electron chi connectivity index (χ4n) is 1.95. The Labute approximate surface area is 116 Å². The Morgan fingerprint density at radius 1 is 1.44 bits per heavy atom. The van der Waals surface area contributed by atoms with Gasteiger partial charge in [-0.3, -0.25) is 0 Å². The van der Waals surface area contributed by atoms with Crippen LogP contribution in [0.2, 0.25) is 0 Å². The van der Waals surface area contributed by atoms with E-state index >= 15 is 0 Å². The standard InChI is InChI=1S/C11H16IN4O2/c1-12-11(18)16-5-4-8-7(6-16)9(14-13-8)10(17)15(2)3/h4-6H2,1-3H3,(H,13,14)/q-1. The van der Waals surface area contributed by atoms with Crippen molar-refractivity contribution in [3.05, 3.63) is 17.0 Å². The van der Waals surface area contributed by atoms with Crippen LogP contribution in [0.5, 0.6) is 0 Å². The second-order valence-corrected chi connectivity index (χ2v) is 6.34. The third kappa shape index (κ3) is 2.36. The number of hydrogen-bond donors (Lipinski definition) is 1. The average molecular weight is 363 g/mol. The van der Waals surface area contributed by atoms with Gasteiger partial charge >= 0.3 is 116 Å². The number of carbonyl (C=O) groups excluding carboxylic acids is 2. The number of hydrogen-bond acceptors (Lipinski definition) is 3. The molecular weight excluding hydrogens is 347 g/mol. The molecule has 1 aliphatic rings. The van der Waals surface area contributed by atoms with Crippen LogP contribution in [0.15, 0.2) is 0 Å². The van der Waals surface area contributed by atoms with Gasteiger partial charge in [-0.1, -0.05) is 0 Å². The van der Waals surface area contributed by atoms with Gasteiger partial charge in [-0.2, -0.15) is 0 Å². The molecule has 100 valence electrons. The first-order valence-electron chi connectivity index (χ1n) is 5.60. The predicted molar refractivity (Wildman–Crippen MR) is 62.0 cm³/mol. The maximum absolute atomic E-state index is 12.0. The Morgan fingerprint density at radius 2 is 2.17 bits per heavy atom. The number of H-pyrrole nitrogens is 1. The van der Waals surface area contributed by atoms with Crippen molar-refractivity contribution < 1.29 is 30.8 Å². The number of alkyl halides is 1. The van der Waals surface area contributed by atoms with Crippen molar-refractivity contribution in [2.45, 2.75) is 13.0 Å². The predicted octanol–water partition coefficient (Wildman–Crippen LogP) is -2.69. The van der Waals surface area contributed by atoms with Gasteiger partial charge in [0.25, 0.3) is 0 Å². The van der Waals surface area contributed by atoms with E-state index in [-0.39, 0.29) is 9.82 Å². The molecular formula is C11H16IN4O2-. The number of aromatic nitrogens is 2. The van der Waals surface area contributed by atoms with Crippen LogP contribution in [0, 0.1) is 0 Å². The summed E-state index contributed by atoms with van der Waals surface area (Å²) in [5.74, 6) is -0.118. The molecule has 2 heterocycles. The van der Waals surface area contributed by atoms with E-state index in [9.17, 15) is 9.59 Å². The van der Waals surface area contributed by atoms with E-state index < -0.39 is 21.2 Å². The molecule has 1 aromatic heterocycles. The SMILES string of the molecule is C[I-]C(=O)N1CCc2[nH]nc(C(=O)N(C)C)c2C1. The van der Waals surface area contributed by atoms with Crippen LogP contribution < -0.4 is 21.2 Å². The Kier molecular flexibility index (Phi) is 3.88. The molecule has 0 unspecified atom stereocenters. The zero-order chi connectivity index (χ0) is 13.3. The quantitative estimate of drug-likeness (QED) is 0.269. The van der Waals surface area contributed by atoms with Crippen LogP contribution >= 0.6 is 0 Å². The summed E-state index contributed by atoms with van der Waals surface area (Å²) in [5.41, 5.74) is 2.31. The second kappa shape index (κ2) is 5.25. The van der Waals surface area contributed by atoms with Gasteiger partial charge in [0, 0.05) is 0 Å². The summed E-state index contributed by atoms with van der Waals surface area (Å²) >= 11 is -0.434. The van der Waals surface area contributed by atoms with E-state index in [1.165, 1.54) is 4.90 Å². The van der Waals surface area contributed by atoms with E-state index in [1.54, 1.807) is 14.1 Å². The zero-order valence-electron chi connectivity index (χ0n) is 10.7. The third-order valence-electron chi connectivity index (χ3n) is 2.95. The van der Waals surface area contributed by atoms with Crippen LogP contribution in [0.4, 0.5) is 4.79 Å². The van der Waals surface area contributed by atoms with Gasteiger partial charge in [-0.05, 0) is 0 Å². The molecule has 0 aromatic carbocycles. The van der Waals surface area contributed by atoms with Gasteiger partial charge in [0.2, 0.25) is 0 Å². The molecule has 0 saturated carbocycles. The molecule has 0 atom stereocenters. The molecule has 0 fully saturated rings. The molecule has 1 N–H and O–H groups in total. The third-order valence-corrected chi connectivity index (χ3v) is 4.56. The number of carbonyl (C=O) groups is 2. The number of nitrogens with zero attached hydrogens (tertiary/aromatic N) is 3. The molecule has 0 spiro atoms. The first-order chi connectivity index (χ1) is 8.54. The fraction of sp³-hybridized carbons (Fsp3) is 0.545. The molecule has 0 bridgehead atoms. The molecule has 6 nitrogen and oxygen atoms in total. The average Bonchev–Trinajstić information content (AvgIpc) is 2.79. The molecule has 2 rings (SSSR count). The fourth-order valence-corrected chi connectivity index (χ4v) is 3.05. The Balaban J connectivity index is 2.27. The summed E-state index contributed by atoms with van der Waals surface area (Å²) in [4.78, 5) is 29.0. The van der Waals surface area contributed by atoms with Crippen molar-refractivity contribution in [2.75, 3.05) is 25.6 Å². The first-order valence-corrected chi connectivity index (χ1v) is 8.84. The Morgan fingerprint density at radius 3 is 2.78 bits per heavy atom. The number of rotatable bonds is 2. The normalized spacial score (nSPS) is 14.5. The van der Waals surface area contributed by atoms with Crippen molar-refractivity contribution in [1.29, 1.82) is 0 Å². The van der Waals surface area contributed by atoms with E-state index in [0.717, 1.165) is 24.2 Å². The molecule has 0 aliphatic carbocycles. The number of fused-ring (bicyclic) bond motifs is 1. The van der Waals surface area contributed by atoms with Gasteiger partial charge in [0.05, 0.1) is 0 Å². The van der Waals surface area contributed by atoms with Crippen molar-refractivity contribution in [3.8, 4) is 0 Å². The van der Waals surface area contributed by atoms with Crippen LogP contribution in [-0.4, -0.2) is 55.4 Å². The van der Waals surface area contributed by atoms with Gasteiger partial charge in [-0.25, -0.2) is 0 Å². The summed E-state index contributed by atoms with van der Waals surface area (Å²) < 4.78 is 0.226. The van der Waals surface area contributed by atoms with E-state index in [0.29, 0.717) is 12.2 Å². The molecule has 1 aliphatic heterocycles. The topological polar surface area (TPSA) is 69.3 Å². The van der Waals surface area contributed by atoms with Crippen LogP contribution in [-0.2, 0) is 13.0 Å². The number of aromatic amines is 1. The molecule has 7 heteroatoms. The number of amides is 2. The van der Waals surface area contributed by atoms with Crippen molar-refractivity contribution in [2.24, 2.45) is 0 Å². The van der Waals surface area contributed by atoms with Crippen LogP contribution in [0.25, 0.3) is 0 Å². The number of nitrogens with one attached hydrogen (secondary N) is 1. The van der Waals surface area contributed by atoms with Gasteiger partial charge in [0.1, 0.15) is 0 Å². The van der Waals surface area contributed by atoms with Crippen molar-refractivity contribution >= 4 is 9.82 Å². The van der Waals surface area contributed by atoms with E-state index in [1.807, 2.05) is 9.83 Å². The van der Waals surface area contributed by atoms with Crippen molar-refractivity contribution in [1.82, 2.24) is 20.0 Å². The van der Waals surface area contributed by atoms with Gasteiger partial charge in [-0.15, -0.1) is 0 Å². The van der Waals surface area contributed by atoms with Crippen LogP contribution in [0.1, 0.15) is 21.7 Å². The second-order valence-electron chi connectivity index (χ2n) is 4.34.